The van der Waals surface area contributed by atoms with E-state index in [0.717, 1.165) is 15.9 Å². The lowest BCUT2D eigenvalue weighted by Gasteiger charge is -2.26. The van der Waals surface area contributed by atoms with Crippen LogP contribution in [0.4, 0.5) is 0 Å². The summed E-state index contributed by atoms with van der Waals surface area (Å²) in [6, 6.07) is 6.94. The van der Waals surface area contributed by atoms with Gasteiger partial charge in [-0.2, -0.15) is 0 Å². The Morgan fingerprint density at radius 3 is 2.48 bits per heavy atom. The van der Waals surface area contributed by atoms with Gasteiger partial charge in [-0.3, -0.25) is 19.3 Å². The summed E-state index contributed by atoms with van der Waals surface area (Å²) in [5.74, 6) is -2.44. The number of carbonyl (C=O) groups is 2. The highest BCUT2D eigenvalue weighted by atomic mass is 32.1. The fourth-order valence-corrected chi connectivity index (χ4v) is 4.82. The SMILES string of the molecule is CCOC(=O)C1=C(N)n2c(sc(=Cc3cccnc3)c2=O)=C(C(=O)OC)C1c1cccnc1. The molecule has 9 nitrogen and oxygen atoms in total. The number of pyridine rings is 2. The van der Waals surface area contributed by atoms with E-state index in [1.165, 1.54) is 13.3 Å². The van der Waals surface area contributed by atoms with Crippen molar-refractivity contribution < 1.29 is 19.1 Å². The highest BCUT2D eigenvalue weighted by molar-refractivity contribution is 7.07. The van der Waals surface area contributed by atoms with Gasteiger partial charge in [0.25, 0.3) is 5.56 Å². The molecule has 0 bridgehead atoms. The summed E-state index contributed by atoms with van der Waals surface area (Å²) in [5.41, 5.74) is 7.25. The van der Waals surface area contributed by atoms with Gasteiger partial charge in [-0.15, -0.1) is 11.3 Å². The first-order valence-corrected chi connectivity index (χ1v) is 10.8. The molecule has 1 atom stereocenters. The molecule has 33 heavy (non-hydrogen) atoms. The van der Waals surface area contributed by atoms with E-state index in [9.17, 15) is 14.4 Å². The molecule has 0 saturated carbocycles. The normalized spacial score (nSPS) is 15.9. The van der Waals surface area contributed by atoms with Crippen molar-refractivity contribution in [1.82, 2.24) is 14.5 Å². The molecule has 0 spiro atoms. The second-order valence-corrected chi connectivity index (χ2v) is 8.02. The molecule has 1 aliphatic heterocycles. The molecule has 10 heteroatoms. The number of nitrogens with zero attached hydrogens (tertiary/aromatic N) is 3. The van der Waals surface area contributed by atoms with Crippen LogP contribution in [0, 0.1) is 0 Å². The zero-order valence-corrected chi connectivity index (χ0v) is 18.7. The molecule has 0 aromatic carbocycles. The van der Waals surface area contributed by atoms with Crippen LogP contribution >= 0.6 is 11.3 Å². The van der Waals surface area contributed by atoms with Crippen LogP contribution < -0.4 is 20.5 Å². The minimum absolute atomic E-state index is 0.0226. The van der Waals surface area contributed by atoms with E-state index >= 15 is 0 Å². The molecule has 1 unspecified atom stereocenters. The number of esters is 2. The van der Waals surface area contributed by atoms with E-state index in [0.29, 0.717) is 15.7 Å². The summed E-state index contributed by atoms with van der Waals surface area (Å²) in [5, 5.41) is 0. The minimum Gasteiger partial charge on any atom is -0.466 e. The Morgan fingerprint density at radius 1 is 1.15 bits per heavy atom. The summed E-state index contributed by atoms with van der Waals surface area (Å²) in [4.78, 5) is 47.5. The van der Waals surface area contributed by atoms with E-state index in [-0.39, 0.29) is 28.2 Å². The molecule has 0 amide bonds. The molecule has 3 aromatic rings. The summed E-state index contributed by atoms with van der Waals surface area (Å²) in [7, 11) is 1.24. The van der Waals surface area contributed by atoms with E-state index < -0.39 is 23.4 Å². The number of hydrogen-bond donors (Lipinski definition) is 1. The first kappa shape index (κ1) is 22.2. The van der Waals surface area contributed by atoms with Gasteiger partial charge in [-0.05, 0) is 36.3 Å². The summed E-state index contributed by atoms with van der Waals surface area (Å²) < 4.78 is 12.0. The number of ether oxygens (including phenoxy) is 2. The van der Waals surface area contributed by atoms with Gasteiger partial charge in [0.1, 0.15) is 10.5 Å². The Morgan fingerprint density at radius 2 is 1.88 bits per heavy atom. The summed E-state index contributed by atoms with van der Waals surface area (Å²) in [6.07, 6.45) is 7.98. The average molecular weight is 465 g/mol. The van der Waals surface area contributed by atoms with Crippen molar-refractivity contribution in [3.05, 3.63) is 85.3 Å². The van der Waals surface area contributed by atoms with Gasteiger partial charge in [-0.1, -0.05) is 12.1 Å². The summed E-state index contributed by atoms with van der Waals surface area (Å²) in [6.45, 7) is 1.75. The van der Waals surface area contributed by atoms with Gasteiger partial charge in [0.2, 0.25) is 0 Å². The molecule has 1 aliphatic rings. The van der Waals surface area contributed by atoms with Gasteiger partial charge < -0.3 is 15.2 Å². The van der Waals surface area contributed by atoms with Crippen molar-refractivity contribution in [2.75, 3.05) is 13.7 Å². The lowest BCUT2D eigenvalue weighted by Crippen LogP contribution is -2.41. The topological polar surface area (TPSA) is 126 Å². The number of nitrogens with two attached hydrogens (primary N) is 1. The number of hydrogen-bond acceptors (Lipinski definition) is 9. The highest BCUT2D eigenvalue weighted by Crippen LogP contribution is 2.37. The predicted octanol–water partition coefficient (Wildman–Crippen LogP) is 0.340. The lowest BCUT2D eigenvalue weighted by molar-refractivity contribution is -0.138. The first-order valence-electron chi connectivity index (χ1n) is 10.0. The molecule has 2 N–H and O–H groups in total. The van der Waals surface area contributed by atoms with E-state index in [1.54, 1.807) is 55.9 Å². The number of methoxy groups -OCH3 is 1. The Labute approximate surface area is 192 Å². The lowest BCUT2D eigenvalue weighted by atomic mass is 9.84. The average Bonchev–Trinajstić information content (AvgIpc) is 3.15. The van der Waals surface area contributed by atoms with Crippen molar-refractivity contribution in [3.8, 4) is 0 Å². The molecule has 4 rings (SSSR count). The Hall–Kier alpha value is -4.05. The fraction of sp³-hybridized carbons (Fsp3) is 0.174. The third kappa shape index (κ3) is 3.96. The third-order valence-electron chi connectivity index (χ3n) is 5.05. The molecule has 0 radical (unpaired) electrons. The maximum absolute atomic E-state index is 13.3. The standard InChI is InChI=1S/C23H20N4O5S/c1-3-32-23(30)17-16(14-7-5-9-26-12-14)18(22(29)31-2)21-27(19(17)24)20(28)15(33-21)10-13-6-4-8-25-11-13/h4-12,16H,3,24H2,1-2H3. The van der Waals surface area contributed by atoms with Crippen LogP contribution in [0.15, 0.2) is 59.4 Å². The largest absolute Gasteiger partial charge is 0.466 e. The van der Waals surface area contributed by atoms with Crippen LogP contribution in [-0.4, -0.2) is 40.2 Å². The second kappa shape index (κ2) is 9.21. The molecule has 0 aliphatic carbocycles. The molecular formula is C23H20N4O5S. The number of rotatable bonds is 5. The minimum atomic E-state index is -0.922. The molecule has 0 saturated heterocycles. The number of carbonyl (C=O) groups excluding carboxylic acids is 2. The number of fused-ring (bicyclic) bond motifs is 1. The van der Waals surface area contributed by atoms with Gasteiger partial charge in [0.05, 0.1) is 35.3 Å². The van der Waals surface area contributed by atoms with E-state index in [1.807, 2.05) is 0 Å². The third-order valence-corrected chi connectivity index (χ3v) is 6.16. The quantitative estimate of drug-likeness (QED) is 0.536. The van der Waals surface area contributed by atoms with Gasteiger partial charge in [-0.25, -0.2) is 9.59 Å². The maximum Gasteiger partial charge on any atom is 0.338 e. The fourth-order valence-electron chi connectivity index (χ4n) is 3.66. The molecule has 168 valence electrons. The van der Waals surface area contributed by atoms with Gasteiger partial charge >= 0.3 is 11.9 Å². The van der Waals surface area contributed by atoms with Crippen molar-refractivity contribution in [2.24, 2.45) is 5.73 Å². The first-order chi connectivity index (χ1) is 16.0. The van der Waals surface area contributed by atoms with Crippen LogP contribution in [-0.2, 0) is 19.1 Å². The van der Waals surface area contributed by atoms with Gasteiger partial charge in [0, 0.05) is 24.8 Å². The smallest absolute Gasteiger partial charge is 0.338 e. The van der Waals surface area contributed by atoms with Crippen molar-refractivity contribution in [1.29, 1.82) is 0 Å². The Bertz CT molecular complexity index is 1420. The van der Waals surface area contributed by atoms with Gasteiger partial charge in [0.15, 0.2) is 0 Å². The number of thiazole rings is 1. The monoisotopic (exact) mass is 464 g/mol. The van der Waals surface area contributed by atoms with Crippen LogP contribution in [0.1, 0.15) is 24.0 Å². The molecule has 0 fully saturated rings. The van der Waals surface area contributed by atoms with Crippen molar-refractivity contribution in [2.45, 2.75) is 12.8 Å². The van der Waals surface area contributed by atoms with Crippen LogP contribution in [0.25, 0.3) is 17.5 Å². The zero-order chi connectivity index (χ0) is 23.5. The van der Waals surface area contributed by atoms with Crippen LogP contribution in [0.2, 0.25) is 0 Å². The second-order valence-electron chi connectivity index (χ2n) is 6.99. The van der Waals surface area contributed by atoms with E-state index in [2.05, 4.69) is 9.97 Å². The zero-order valence-electron chi connectivity index (χ0n) is 17.8. The maximum atomic E-state index is 13.3. The van der Waals surface area contributed by atoms with E-state index in [4.69, 9.17) is 15.2 Å². The number of aromatic nitrogens is 3. The van der Waals surface area contributed by atoms with Crippen LogP contribution in [0.5, 0.6) is 0 Å². The predicted molar refractivity (Wildman–Crippen MR) is 122 cm³/mol. The summed E-state index contributed by atoms with van der Waals surface area (Å²) >= 11 is 1.08. The van der Waals surface area contributed by atoms with Crippen molar-refractivity contribution in [3.63, 3.8) is 0 Å². The Kier molecular flexibility index (Phi) is 6.18. The molecule has 3 aromatic heterocycles. The highest BCUT2D eigenvalue weighted by Gasteiger charge is 2.39. The Balaban J connectivity index is 2.12. The van der Waals surface area contributed by atoms with Crippen molar-refractivity contribution >= 4 is 40.7 Å². The molecular weight excluding hydrogens is 444 g/mol. The molecule has 4 heterocycles. The van der Waals surface area contributed by atoms with Crippen LogP contribution in [0.3, 0.4) is 0 Å².